The first-order valence-corrected chi connectivity index (χ1v) is 8.00. The van der Waals surface area contributed by atoms with Gasteiger partial charge in [-0.05, 0) is 36.4 Å². The lowest BCUT2D eigenvalue weighted by Gasteiger charge is -2.09. The summed E-state index contributed by atoms with van der Waals surface area (Å²) in [4.78, 5) is 1.39. The molecular weight excluding hydrogens is 296 g/mol. The largest absolute Gasteiger partial charge is 0.497 e. The number of nitrogen functional groups attached to an aromatic ring is 1. The Kier molecular flexibility index (Phi) is 4.22. The molecule has 0 bridgehead atoms. The Bertz CT molecular complexity index is 730. The number of rotatable bonds is 4. The van der Waals surface area contributed by atoms with Crippen LogP contribution in [-0.4, -0.2) is 15.5 Å². The Hall–Kier alpha value is -1.70. The van der Waals surface area contributed by atoms with Crippen LogP contribution in [0.4, 0.5) is 5.69 Å². The lowest BCUT2D eigenvalue weighted by atomic mass is 10.3. The maximum absolute atomic E-state index is 11.6. The molecule has 0 saturated carbocycles. The zero-order valence-corrected chi connectivity index (χ0v) is 12.4. The molecule has 0 aromatic heterocycles. The Morgan fingerprint density at radius 1 is 1.15 bits per heavy atom. The predicted molar refractivity (Wildman–Crippen MR) is 79.3 cm³/mol. The van der Waals surface area contributed by atoms with Gasteiger partial charge in [0.2, 0.25) is 10.0 Å². The van der Waals surface area contributed by atoms with Crippen LogP contribution in [0.15, 0.2) is 57.2 Å². The molecule has 2 aromatic rings. The molecule has 0 amide bonds. The highest BCUT2D eigenvalue weighted by Gasteiger charge is 2.15. The number of benzene rings is 2. The van der Waals surface area contributed by atoms with E-state index in [0.717, 1.165) is 4.90 Å². The standard InChI is InChI=1S/C13H14N2O3S2/c1-18-10-3-2-4-11(8-10)19-12-6-5-9(14)7-13(12)20(15,16)17/h2-8H,14H2,1H3,(H2,15,16,17). The van der Waals surface area contributed by atoms with Crippen molar-refractivity contribution in [3.05, 3.63) is 42.5 Å². The summed E-state index contributed by atoms with van der Waals surface area (Å²) >= 11 is 1.28. The number of hydrogen-bond donors (Lipinski definition) is 2. The molecule has 20 heavy (non-hydrogen) atoms. The van der Waals surface area contributed by atoms with Crippen molar-refractivity contribution in [1.82, 2.24) is 0 Å². The summed E-state index contributed by atoms with van der Waals surface area (Å²) in [6, 6.07) is 11.9. The highest BCUT2D eigenvalue weighted by atomic mass is 32.2. The predicted octanol–water partition coefficient (Wildman–Crippen LogP) is 2.08. The third-order valence-electron chi connectivity index (χ3n) is 2.54. The van der Waals surface area contributed by atoms with E-state index >= 15 is 0 Å². The SMILES string of the molecule is COc1cccc(Sc2ccc(N)cc2S(N)(=O)=O)c1. The summed E-state index contributed by atoms with van der Waals surface area (Å²) in [6.07, 6.45) is 0. The number of ether oxygens (including phenoxy) is 1. The summed E-state index contributed by atoms with van der Waals surface area (Å²) < 4.78 is 28.3. The van der Waals surface area contributed by atoms with Gasteiger partial charge in [-0.15, -0.1) is 0 Å². The first-order valence-electron chi connectivity index (χ1n) is 5.64. The van der Waals surface area contributed by atoms with E-state index in [-0.39, 0.29) is 4.90 Å². The second-order valence-electron chi connectivity index (χ2n) is 4.03. The summed E-state index contributed by atoms with van der Waals surface area (Å²) in [7, 11) is -2.25. The molecule has 5 nitrogen and oxygen atoms in total. The molecule has 0 radical (unpaired) electrons. The zero-order valence-electron chi connectivity index (χ0n) is 10.7. The number of anilines is 1. The summed E-state index contributed by atoms with van der Waals surface area (Å²) in [5, 5.41) is 5.21. The van der Waals surface area contributed by atoms with Gasteiger partial charge >= 0.3 is 0 Å². The first-order chi connectivity index (χ1) is 9.40. The molecule has 106 valence electrons. The maximum atomic E-state index is 11.6. The van der Waals surface area contributed by atoms with Crippen LogP contribution >= 0.6 is 11.8 Å². The van der Waals surface area contributed by atoms with Gasteiger partial charge in [-0.1, -0.05) is 17.8 Å². The van der Waals surface area contributed by atoms with Crippen LogP contribution in [0.3, 0.4) is 0 Å². The third-order valence-corrected chi connectivity index (χ3v) is 4.69. The maximum Gasteiger partial charge on any atom is 0.239 e. The fourth-order valence-corrected chi connectivity index (χ4v) is 3.62. The summed E-state index contributed by atoms with van der Waals surface area (Å²) in [5.41, 5.74) is 5.96. The van der Waals surface area contributed by atoms with Crippen molar-refractivity contribution in [3.8, 4) is 5.75 Å². The molecular formula is C13H14N2O3S2. The Morgan fingerprint density at radius 2 is 1.90 bits per heavy atom. The lowest BCUT2D eigenvalue weighted by Crippen LogP contribution is -2.13. The molecule has 2 rings (SSSR count). The minimum absolute atomic E-state index is 0.0188. The van der Waals surface area contributed by atoms with Crippen molar-refractivity contribution in [1.29, 1.82) is 0 Å². The van der Waals surface area contributed by atoms with Crippen molar-refractivity contribution < 1.29 is 13.2 Å². The molecule has 4 N–H and O–H groups in total. The van der Waals surface area contributed by atoms with Crippen molar-refractivity contribution in [2.75, 3.05) is 12.8 Å². The highest BCUT2D eigenvalue weighted by Crippen LogP contribution is 2.34. The highest BCUT2D eigenvalue weighted by molar-refractivity contribution is 8.00. The van der Waals surface area contributed by atoms with Gasteiger partial charge in [0.1, 0.15) is 5.75 Å². The molecule has 0 fully saturated rings. The van der Waals surface area contributed by atoms with Crippen LogP contribution in [0.25, 0.3) is 0 Å². The fourth-order valence-electron chi connectivity index (χ4n) is 1.62. The van der Waals surface area contributed by atoms with Gasteiger partial charge < -0.3 is 10.5 Å². The molecule has 0 atom stereocenters. The van der Waals surface area contributed by atoms with Crippen molar-refractivity contribution in [3.63, 3.8) is 0 Å². The molecule has 0 aliphatic heterocycles. The van der Waals surface area contributed by atoms with Crippen LogP contribution in [0.5, 0.6) is 5.75 Å². The second-order valence-corrected chi connectivity index (χ2v) is 6.68. The lowest BCUT2D eigenvalue weighted by molar-refractivity contribution is 0.413. The topological polar surface area (TPSA) is 95.4 Å². The van der Waals surface area contributed by atoms with E-state index in [1.165, 1.54) is 17.8 Å². The van der Waals surface area contributed by atoms with Gasteiger partial charge in [0.05, 0.1) is 12.0 Å². The average molecular weight is 310 g/mol. The number of methoxy groups -OCH3 is 1. The molecule has 0 unspecified atom stereocenters. The van der Waals surface area contributed by atoms with E-state index in [1.807, 2.05) is 24.3 Å². The molecule has 0 heterocycles. The van der Waals surface area contributed by atoms with Crippen molar-refractivity contribution >= 4 is 27.5 Å². The first kappa shape index (κ1) is 14.7. The smallest absolute Gasteiger partial charge is 0.239 e. The number of primary sulfonamides is 1. The molecule has 0 saturated heterocycles. The zero-order chi connectivity index (χ0) is 14.8. The molecule has 2 aromatic carbocycles. The molecule has 7 heteroatoms. The number of sulfonamides is 1. The van der Waals surface area contributed by atoms with Crippen molar-refractivity contribution in [2.45, 2.75) is 14.7 Å². The van der Waals surface area contributed by atoms with E-state index in [1.54, 1.807) is 19.2 Å². The molecule has 0 spiro atoms. The Morgan fingerprint density at radius 3 is 2.55 bits per heavy atom. The Labute approximate surface area is 122 Å². The van der Waals surface area contributed by atoms with Crippen LogP contribution in [-0.2, 0) is 10.0 Å². The third kappa shape index (κ3) is 3.44. The van der Waals surface area contributed by atoms with E-state index in [2.05, 4.69) is 0 Å². The average Bonchev–Trinajstić information content (AvgIpc) is 2.40. The van der Waals surface area contributed by atoms with E-state index in [9.17, 15) is 8.42 Å². The molecule has 0 aliphatic rings. The van der Waals surface area contributed by atoms with Gasteiger partial charge in [-0.2, -0.15) is 0 Å². The number of nitrogens with two attached hydrogens (primary N) is 2. The normalized spacial score (nSPS) is 11.3. The van der Waals surface area contributed by atoms with Crippen molar-refractivity contribution in [2.24, 2.45) is 5.14 Å². The second kappa shape index (κ2) is 5.74. The van der Waals surface area contributed by atoms with Crippen LogP contribution in [0.1, 0.15) is 0 Å². The van der Waals surface area contributed by atoms with Crippen LogP contribution in [0, 0.1) is 0 Å². The minimum Gasteiger partial charge on any atom is -0.497 e. The Balaban J connectivity index is 2.43. The fraction of sp³-hybridized carbons (Fsp3) is 0.0769. The van der Waals surface area contributed by atoms with Gasteiger partial charge in [0.25, 0.3) is 0 Å². The monoisotopic (exact) mass is 310 g/mol. The quantitative estimate of drug-likeness (QED) is 0.843. The number of hydrogen-bond acceptors (Lipinski definition) is 5. The minimum atomic E-state index is -3.82. The summed E-state index contributed by atoms with van der Waals surface area (Å²) in [5.74, 6) is 0.697. The van der Waals surface area contributed by atoms with Gasteiger partial charge in [-0.3, -0.25) is 0 Å². The van der Waals surface area contributed by atoms with Crippen LogP contribution in [0.2, 0.25) is 0 Å². The van der Waals surface area contributed by atoms with E-state index < -0.39 is 10.0 Å². The van der Waals surface area contributed by atoms with Crippen LogP contribution < -0.4 is 15.6 Å². The van der Waals surface area contributed by atoms with E-state index in [0.29, 0.717) is 16.3 Å². The summed E-state index contributed by atoms with van der Waals surface area (Å²) in [6.45, 7) is 0. The molecule has 0 aliphatic carbocycles. The van der Waals surface area contributed by atoms with Gasteiger partial charge in [0.15, 0.2) is 0 Å². The van der Waals surface area contributed by atoms with E-state index in [4.69, 9.17) is 15.6 Å². The van der Waals surface area contributed by atoms with Gasteiger partial charge in [0, 0.05) is 15.5 Å². The van der Waals surface area contributed by atoms with Gasteiger partial charge in [-0.25, -0.2) is 13.6 Å².